The van der Waals surface area contributed by atoms with E-state index in [0.29, 0.717) is 29.5 Å². The zero-order chi connectivity index (χ0) is 14.5. The van der Waals surface area contributed by atoms with Crippen molar-refractivity contribution in [2.24, 2.45) is 11.8 Å². The molecule has 0 aromatic carbocycles. The Morgan fingerprint density at radius 1 is 1.35 bits per heavy atom. The summed E-state index contributed by atoms with van der Waals surface area (Å²) >= 11 is 2.51. The van der Waals surface area contributed by atoms with Gasteiger partial charge in [0, 0.05) is 22.1 Å². The van der Waals surface area contributed by atoms with Crippen molar-refractivity contribution in [2.45, 2.75) is 69.7 Å². The molecule has 2 saturated heterocycles. The van der Waals surface area contributed by atoms with Crippen LogP contribution in [0.25, 0.3) is 0 Å². The second kappa shape index (κ2) is 5.00. The molecule has 2 heterocycles. The fourth-order valence-electron chi connectivity index (χ4n) is 4.51. The first-order chi connectivity index (χ1) is 9.30. The van der Waals surface area contributed by atoms with E-state index in [1.54, 1.807) is 0 Å². The molecule has 0 aromatic rings. The maximum atomic E-state index is 12.0. The van der Waals surface area contributed by atoms with Crippen LogP contribution in [0.3, 0.4) is 0 Å². The van der Waals surface area contributed by atoms with Gasteiger partial charge in [-0.25, -0.2) is 4.79 Å². The Kier molecular flexibility index (Phi) is 3.72. The number of hydrogen-bond donors (Lipinski definition) is 2. The summed E-state index contributed by atoms with van der Waals surface area (Å²) in [5.74, 6) is 1.24. The van der Waals surface area contributed by atoms with Crippen molar-refractivity contribution in [2.75, 3.05) is 4.43 Å². The van der Waals surface area contributed by atoms with E-state index in [4.69, 9.17) is 4.74 Å². The first kappa shape index (κ1) is 14.9. The van der Waals surface area contributed by atoms with Gasteiger partial charge in [0.2, 0.25) is 0 Å². The summed E-state index contributed by atoms with van der Waals surface area (Å²) in [6.07, 6.45) is 4.56. The number of ether oxygens (including phenoxy) is 1. The molecule has 4 fully saturated rings. The van der Waals surface area contributed by atoms with Crippen LogP contribution in [0.2, 0.25) is 0 Å². The van der Waals surface area contributed by atoms with Crippen molar-refractivity contribution in [1.29, 1.82) is 0 Å². The molecule has 2 N–H and O–H groups in total. The van der Waals surface area contributed by atoms with Gasteiger partial charge in [-0.05, 0) is 58.3 Å². The zero-order valence-corrected chi connectivity index (χ0v) is 14.7. The molecule has 0 aromatic heterocycles. The number of alkyl halides is 1. The molecule has 3 unspecified atom stereocenters. The summed E-state index contributed by atoms with van der Waals surface area (Å²) in [5, 5.41) is 7.01. The number of piperidine rings is 2. The number of alkyl carbamates (subject to hydrolysis) is 1. The van der Waals surface area contributed by atoms with Crippen molar-refractivity contribution >= 4 is 28.7 Å². The van der Waals surface area contributed by atoms with Crippen molar-refractivity contribution in [3.63, 3.8) is 0 Å². The lowest BCUT2D eigenvalue weighted by molar-refractivity contribution is -0.0246. The van der Waals surface area contributed by atoms with E-state index in [2.05, 4.69) is 33.2 Å². The van der Waals surface area contributed by atoms with Gasteiger partial charge in [0.15, 0.2) is 0 Å². The van der Waals surface area contributed by atoms with E-state index in [1.165, 1.54) is 30.1 Å². The topological polar surface area (TPSA) is 50.4 Å². The number of amides is 1. The molecule has 5 atom stereocenters. The number of hydrogen-bond acceptors (Lipinski definition) is 3. The van der Waals surface area contributed by atoms with Gasteiger partial charge in [0.05, 0.1) is 0 Å². The van der Waals surface area contributed by atoms with E-state index in [0.717, 1.165) is 0 Å². The van der Waals surface area contributed by atoms with Gasteiger partial charge in [-0.2, -0.15) is 0 Å². The van der Waals surface area contributed by atoms with Gasteiger partial charge in [-0.1, -0.05) is 22.6 Å². The number of halogens is 1. The number of carbonyl (C=O) groups excluding carboxylic acids is 1. The van der Waals surface area contributed by atoms with Crippen LogP contribution >= 0.6 is 22.6 Å². The summed E-state index contributed by atoms with van der Waals surface area (Å²) in [6, 6.07) is 0.984. The second-order valence-electron chi connectivity index (χ2n) is 7.83. The normalized spacial score (nSPS) is 42.6. The summed E-state index contributed by atoms with van der Waals surface area (Å²) in [6.45, 7) is 5.75. The standard InChI is InChI=1S/C15H25IN2O2/c1-14(2,3)20-13(19)17-12-9-4-11-5-10(12)7-15(6-9,8-16)18-11/h9-12,18H,4-8H2,1-3H3,(H,17,19)/t9-,10+,11?,12?,15?. The van der Waals surface area contributed by atoms with Crippen LogP contribution in [-0.2, 0) is 4.74 Å². The lowest BCUT2D eigenvalue weighted by atomic mass is 9.57. The number of rotatable bonds is 2. The second-order valence-corrected chi connectivity index (χ2v) is 8.59. The molecule has 20 heavy (non-hydrogen) atoms. The predicted octanol–water partition coefficient (Wildman–Crippen LogP) is 2.85. The summed E-state index contributed by atoms with van der Waals surface area (Å²) in [7, 11) is 0. The molecule has 114 valence electrons. The maximum Gasteiger partial charge on any atom is 0.407 e. The molecule has 4 aliphatic rings. The molecule has 4 bridgehead atoms. The quantitative estimate of drug-likeness (QED) is 0.562. The summed E-state index contributed by atoms with van der Waals surface area (Å²) in [4.78, 5) is 12.0. The van der Waals surface area contributed by atoms with Crippen molar-refractivity contribution in [3.05, 3.63) is 0 Å². The average molecular weight is 392 g/mol. The van der Waals surface area contributed by atoms with E-state index in [1.807, 2.05) is 20.8 Å². The molecule has 1 amide bonds. The Morgan fingerprint density at radius 3 is 2.45 bits per heavy atom. The first-order valence-corrected chi connectivity index (χ1v) is 9.16. The molecule has 0 spiro atoms. The minimum absolute atomic E-state index is 0.244. The highest BCUT2D eigenvalue weighted by Gasteiger charge is 2.55. The van der Waals surface area contributed by atoms with E-state index in [-0.39, 0.29) is 6.09 Å². The SMILES string of the molecule is CC(C)(C)OC(=O)NC1[C@@H]2CC3C[C@H]1CC(CI)(C2)N3. The van der Waals surface area contributed by atoms with Crippen molar-refractivity contribution < 1.29 is 9.53 Å². The monoisotopic (exact) mass is 392 g/mol. The molecule has 4 nitrogen and oxygen atoms in total. The highest BCUT2D eigenvalue weighted by atomic mass is 127. The van der Waals surface area contributed by atoms with Crippen molar-refractivity contribution in [3.8, 4) is 0 Å². The number of carbonyl (C=O) groups is 1. The smallest absolute Gasteiger partial charge is 0.407 e. The van der Waals surface area contributed by atoms with Gasteiger partial charge in [0.1, 0.15) is 5.60 Å². The van der Waals surface area contributed by atoms with Crippen LogP contribution in [0.5, 0.6) is 0 Å². The third kappa shape index (κ3) is 2.80. The van der Waals surface area contributed by atoms with Crippen LogP contribution in [0.1, 0.15) is 46.5 Å². The fourth-order valence-corrected chi connectivity index (χ4v) is 5.35. The van der Waals surface area contributed by atoms with E-state index >= 15 is 0 Å². The summed E-state index contributed by atoms with van der Waals surface area (Å²) < 4.78 is 6.60. The molecule has 2 aliphatic carbocycles. The minimum Gasteiger partial charge on any atom is -0.444 e. The molecule has 4 rings (SSSR count). The Morgan fingerprint density at radius 2 is 1.95 bits per heavy atom. The molecular formula is C15H25IN2O2. The van der Waals surface area contributed by atoms with E-state index < -0.39 is 5.60 Å². The van der Waals surface area contributed by atoms with Crippen LogP contribution in [-0.4, -0.2) is 33.7 Å². The lowest BCUT2D eigenvalue weighted by Gasteiger charge is -2.60. The highest BCUT2D eigenvalue weighted by Crippen LogP contribution is 2.50. The molecular weight excluding hydrogens is 367 g/mol. The Bertz CT molecular complexity index is 391. The van der Waals surface area contributed by atoms with Crippen LogP contribution in [0.4, 0.5) is 4.79 Å². The highest BCUT2D eigenvalue weighted by molar-refractivity contribution is 14.1. The lowest BCUT2D eigenvalue weighted by Crippen LogP contribution is -2.71. The fraction of sp³-hybridized carbons (Fsp3) is 0.933. The van der Waals surface area contributed by atoms with Gasteiger partial charge < -0.3 is 15.4 Å². The van der Waals surface area contributed by atoms with Crippen LogP contribution in [0.15, 0.2) is 0 Å². The third-order valence-corrected chi connectivity index (χ3v) is 6.41. The number of nitrogens with one attached hydrogen (secondary N) is 2. The zero-order valence-electron chi connectivity index (χ0n) is 12.5. The first-order valence-electron chi connectivity index (χ1n) is 7.63. The third-order valence-electron chi connectivity index (χ3n) is 4.95. The molecule has 0 radical (unpaired) electrons. The van der Waals surface area contributed by atoms with E-state index in [9.17, 15) is 4.79 Å². The van der Waals surface area contributed by atoms with Crippen LogP contribution in [0, 0.1) is 11.8 Å². The van der Waals surface area contributed by atoms with Crippen LogP contribution < -0.4 is 10.6 Å². The average Bonchev–Trinajstić information content (AvgIpc) is 2.31. The Hall–Kier alpha value is -0.0400. The van der Waals surface area contributed by atoms with Gasteiger partial charge >= 0.3 is 6.09 Å². The van der Waals surface area contributed by atoms with Crippen molar-refractivity contribution in [1.82, 2.24) is 10.6 Å². The molecule has 2 saturated carbocycles. The Balaban J connectivity index is 1.67. The predicted molar refractivity (Wildman–Crippen MR) is 87.1 cm³/mol. The minimum atomic E-state index is -0.416. The van der Waals surface area contributed by atoms with Gasteiger partial charge in [-0.15, -0.1) is 0 Å². The molecule has 2 aliphatic heterocycles. The Labute approximate surface area is 134 Å². The maximum absolute atomic E-state index is 12.0. The molecule has 5 heteroatoms. The summed E-state index contributed by atoms with van der Waals surface area (Å²) in [5.41, 5.74) is -0.0792. The van der Waals surface area contributed by atoms with Gasteiger partial charge in [-0.3, -0.25) is 0 Å². The van der Waals surface area contributed by atoms with Gasteiger partial charge in [0.25, 0.3) is 0 Å². The largest absolute Gasteiger partial charge is 0.444 e.